The van der Waals surface area contributed by atoms with Crippen LogP contribution < -0.4 is 10.6 Å². The van der Waals surface area contributed by atoms with Crippen LogP contribution in [0.2, 0.25) is 0 Å². The maximum atomic E-state index is 13.1. The lowest BCUT2D eigenvalue weighted by molar-refractivity contribution is -0.121. The van der Waals surface area contributed by atoms with Gasteiger partial charge < -0.3 is 10.6 Å². The van der Waals surface area contributed by atoms with Gasteiger partial charge in [0.15, 0.2) is 0 Å². The average Bonchev–Trinajstić information content (AvgIpc) is 2.79. The first-order valence-corrected chi connectivity index (χ1v) is 12.5. The van der Waals surface area contributed by atoms with Crippen LogP contribution in [0, 0.1) is 5.92 Å². The topological polar surface area (TPSA) is 95.6 Å². The van der Waals surface area contributed by atoms with Crippen molar-refractivity contribution in [2.24, 2.45) is 5.92 Å². The van der Waals surface area contributed by atoms with E-state index in [0.717, 1.165) is 11.3 Å². The van der Waals surface area contributed by atoms with Gasteiger partial charge in [-0.2, -0.15) is 4.31 Å². The summed E-state index contributed by atoms with van der Waals surface area (Å²) < 4.78 is 27.7. The van der Waals surface area contributed by atoms with Crippen LogP contribution in [0.15, 0.2) is 47.4 Å². The van der Waals surface area contributed by atoms with Crippen molar-refractivity contribution in [2.45, 2.75) is 50.3 Å². The number of amides is 2. The molecule has 2 heterocycles. The van der Waals surface area contributed by atoms with E-state index in [1.807, 2.05) is 24.3 Å². The predicted octanol–water partition coefficient (Wildman–Crippen LogP) is 3.73. The molecule has 2 N–H and O–H groups in total. The van der Waals surface area contributed by atoms with E-state index in [9.17, 15) is 18.0 Å². The van der Waals surface area contributed by atoms with Crippen LogP contribution in [0.4, 0.5) is 11.4 Å². The number of benzene rings is 2. The highest BCUT2D eigenvalue weighted by atomic mass is 32.2. The Kier molecular flexibility index (Phi) is 6.35. The first kappa shape index (κ1) is 22.5. The van der Waals surface area contributed by atoms with E-state index in [1.54, 1.807) is 18.2 Å². The number of rotatable bonds is 5. The van der Waals surface area contributed by atoms with E-state index in [0.29, 0.717) is 50.4 Å². The van der Waals surface area contributed by atoms with E-state index < -0.39 is 10.0 Å². The molecule has 0 radical (unpaired) electrons. The zero-order valence-corrected chi connectivity index (χ0v) is 19.2. The first-order chi connectivity index (χ1) is 15.2. The molecular weight excluding hydrogens is 426 g/mol. The van der Waals surface area contributed by atoms with Gasteiger partial charge in [-0.1, -0.05) is 26.0 Å². The molecule has 0 bridgehead atoms. The van der Waals surface area contributed by atoms with Gasteiger partial charge >= 0.3 is 0 Å². The first-order valence-electron chi connectivity index (χ1n) is 11.1. The predicted molar refractivity (Wildman–Crippen MR) is 124 cm³/mol. The van der Waals surface area contributed by atoms with E-state index in [-0.39, 0.29) is 22.6 Å². The second-order valence-corrected chi connectivity index (χ2v) is 10.7. The van der Waals surface area contributed by atoms with E-state index in [2.05, 4.69) is 24.5 Å². The number of carbonyl (C=O) groups excluding carboxylic acids is 2. The fraction of sp³-hybridized carbons (Fsp3) is 0.417. The standard InChI is InChI=1S/C24H29N3O4S/c1-16(2)17-3-6-20(7-4-17)25-24(29)18-11-13-27(14-12-18)32(30,31)21-8-9-22-19(15-21)5-10-23(28)26-22/h3-4,6-9,15-16,18H,5,10-14H2,1-2H3,(H,25,29)(H,26,28). The van der Waals surface area contributed by atoms with Crippen molar-refractivity contribution in [3.63, 3.8) is 0 Å². The SMILES string of the molecule is CC(C)c1ccc(NC(=O)C2CCN(S(=O)(=O)c3ccc4c(c3)CCC(=O)N4)CC2)cc1. The molecule has 1 fully saturated rings. The van der Waals surface area contributed by atoms with Gasteiger partial charge in [0, 0.05) is 36.8 Å². The summed E-state index contributed by atoms with van der Waals surface area (Å²) in [5.41, 5.74) is 3.49. The molecule has 4 rings (SSSR count). The minimum atomic E-state index is -3.64. The highest BCUT2D eigenvalue weighted by molar-refractivity contribution is 7.89. The van der Waals surface area contributed by atoms with Gasteiger partial charge in [0.25, 0.3) is 0 Å². The van der Waals surface area contributed by atoms with Gasteiger partial charge in [-0.3, -0.25) is 9.59 Å². The molecule has 0 saturated carbocycles. The molecule has 0 spiro atoms. The number of hydrogen-bond acceptors (Lipinski definition) is 4. The van der Waals surface area contributed by atoms with Gasteiger partial charge in [0.2, 0.25) is 21.8 Å². The third-order valence-corrected chi connectivity index (χ3v) is 8.17. The number of sulfonamides is 1. The third-order valence-electron chi connectivity index (χ3n) is 6.28. The molecule has 32 heavy (non-hydrogen) atoms. The Morgan fingerprint density at radius 1 is 1.06 bits per heavy atom. The molecule has 0 aliphatic carbocycles. The van der Waals surface area contributed by atoms with Crippen LogP contribution >= 0.6 is 0 Å². The van der Waals surface area contributed by atoms with Gasteiger partial charge in [-0.15, -0.1) is 0 Å². The lowest BCUT2D eigenvalue weighted by Crippen LogP contribution is -2.41. The van der Waals surface area contributed by atoms with Crippen LogP contribution in [0.5, 0.6) is 0 Å². The molecule has 0 unspecified atom stereocenters. The molecule has 170 valence electrons. The number of fused-ring (bicyclic) bond motifs is 1. The van der Waals surface area contributed by atoms with Crippen molar-refractivity contribution in [3.05, 3.63) is 53.6 Å². The van der Waals surface area contributed by atoms with Crippen LogP contribution in [-0.2, 0) is 26.0 Å². The maximum absolute atomic E-state index is 13.1. The second kappa shape index (κ2) is 9.03. The van der Waals surface area contributed by atoms with Gasteiger partial charge in [0.1, 0.15) is 0 Å². The summed E-state index contributed by atoms with van der Waals surface area (Å²) in [4.78, 5) is 24.5. The molecule has 7 nitrogen and oxygen atoms in total. The van der Waals surface area contributed by atoms with Crippen molar-refractivity contribution in [1.29, 1.82) is 0 Å². The van der Waals surface area contributed by atoms with E-state index in [4.69, 9.17) is 0 Å². The van der Waals surface area contributed by atoms with Crippen molar-refractivity contribution >= 4 is 33.2 Å². The Morgan fingerprint density at radius 3 is 2.41 bits per heavy atom. The van der Waals surface area contributed by atoms with Crippen molar-refractivity contribution < 1.29 is 18.0 Å². The summed E-state index contributed by atoms with van der Waals surface area (Å²) in [7, 11) is -3.64. The van der Waals surface area contributed by atoms with Crippen LogP contribution in [0.25, 0.3) is 0 Å². The van der Waals surface area contributed by atoms with Crippen LogP contribution in [-0.4, -0.2) is 37.6 Å². The second-order valence-electron chi connectivity index (χ2n) is 8.81. The zero-order valence-electron chi connectivity index (χ0n) is 18.4. The van der Waals surface area contributed by atoms with Crippen LogP contribution in [0.1, 0.15) is 50.2 Å². The Morgan fingerprint density at radius 2 is 1.75 bits per heavy atom. The molecule has 2 amide bonds. The number of anilines is 2. The number of hydrogen-bond donors (Lipinski definition) is 2. The van der Waals surface area contributed by atoms with Crippen molar-refractivity contribution in [2.75, 3.05) is 23.7 Å². The Labute approximate surface area is 189 Å². The highest BCUT2D eigenvalue weighted by Gasteiger charge is 2.32. The minimum absolute atomic E-state index is 0.0516. The number of nitrogens with one attached hydrogen (secondary N) is 2. The quantitative estimate of drug-likeness (QED) is 0.718. The Balaban J connectivity index is 1.37. The summed E-state index contributed by atoms with van der Waals surface area (Å²) in [5.74, 6) is 0.0954. The molecule has 2 aromatic rings. The lowest BCUT2D eigenvalue weighted by Gasteiger charge is -2.31. The number of aryl methyl sites for hydroxylation is 1. The lowest BCUT2D eigenvalue weighted by atomic mass is 9.97. The highest BCUT2D eigenvalue weighted by Crippen LogP contribution is 2.29. The molecule has 2 aromatic carbocycles. The Hall–Kier alpha value is -2.71. The summed E-state index contributed by atoms with van der Waals surface area (Å²) in [6, 6.07) is 12.7. The number of nitrogens with zero attached hydrogens (tertiary/aromatic N) is 1. The van der Waals surface area contributed by atoms with Crippen molar-refractivity contribution in [3.8, 4) is 0 Å². The molecule has 2 aliphatic rings. The molecule has 8 heteroatoms. The molecule has 0 atom stereocenters. The fourth-order valence-electron chi connectivity index (χ4n) is 4.22. The normalized spacial score (nSPS) is 17.7. The maximum Gasteiger partial charge on any atom is 0.243 e. The summed E-state index contributed by atoms with van der Waals surface area (Å²) >= 11 is 0. The van der Waals surface area contributed by atoms with E-state index in [1.165, 1.54) is 9.87 Å². The molecular formula is C24H29N3O4S. The molecule has 1 saturated heterocycles. The monoisotopic (exact) mass is 455 g/mol. The van der Waals surface area contributed by atoms with Gasteiger partial charge in [-0.25, -0.2) is 8.42 Å². The Bertz CT molecular complexity index is 1120. The average molecular weight is 456 g/mol. The smallest absolute Gasteiger partial charge is 0.243 e. The van der Waals surface area contributed by atoms with Gasteiger partial charge in [-0.05, 0) is 66.6 Å². The number of piperidine rings is 1. The van der Waals surface area contributed by atoms with Crippen LogP contribution in [0.3, 0.4) is 0 Å². The van der Waals surface area contributed by atoms with E-state index >= 15 is 0 Å². The molecule has 0 aromatic heterocycles. The fourth-order valence-corrected chi connectivity index (χ4v) is 5.74. The van der Waals surface area contributed by atoms with Gasteiger partial charge in [0.05, 0.1) is 4.90 Å². The zero-order chi connectivity index (χ0) is 22.9. The summed E-state index contributed by atoms with van der Waals surface area (Å²) in [6.07, 6.45) is 1.86. The van der Waals surface area contributed by atoms with Crippen molar-refractivity contribution in [1.82, 2.24) is 4.31 Å². The summed E-state index contributed by atoms with van der Waals surface area (Å²) in [6.45, 7) is 4.86. The third kappa shape index (κ3) is 4.71. The molecule has 2 aliphatic heterocycles. The largest absolute Gasteiger partial charge is 0.326 e. The summed E-state index contributed by atoms with van der Waals surface area (Å²) in [5, 5.41) is 5.73. The minimum Gasteiger partial charge on any atom is -0.326 e. The number of carbonyl (C=O) groups is 2.